The number of methoxy groups -OCH3 is 2. The number of aromatic nitrogens is 3. The number of hydrogen-bond donors (Lipinski definition) is 1. The van der Waals surface area contributed by atoms with E-state index in [0.717, 1.165) is 44.1 Å². The van der Waals surface area contributed by atoms with Crippen LogP contribution < -0.4 is 14.8 Å². The zero-order valence-electron chi connectivity index (χ0n) is 15.8. The largest absolute Gasteiger partial charge is 0.497 e. The zero-order chi connectivity index (χ0) is 18.8. The average molecular weight is 371 g/mol. The number of nitrogens with one attached hydrogen (secondary N) is 1. The van der Waals surface area contributed by atoms with Crippen LogP contribution in [-0.2, 0) is 13.1 Å². The molecule has 0 bridgehead atoms. The molecule has 1 saturated heterocycles. The normalized spacial score (nSPS) is 17.5. The summed E-state index contributed by atoms with van der Waals surface area (Å²) in [7, 11) is 3.17. The Hall–Kier alpha value is -2.61. The summed E-state index contributed by atoms with van der Waals surface area (Å²) in [6.07, 6.45) is 1.78. The van der Waals surface area contributed by atoms with E-state index in [1.54, 1.807) is 32.4 Å². The van der Waals surface area contributed by atoms with Crippen LogP contribution in [0.15, 0.2) is 18.2 Å². The van der Waals surface area contributed by atoms with Gasteiger partial charge in [0.1, 0.15) is 23.1 Å². The third kappa shape index (κ3) is 3.37. The Kier molecular flexibility index (Phi) is 4.98. The second-order valence-corrected chi connectivity index (χ2v) is 6.94. The highest BCUT2D eigenvalue weighted by atomic mass is 16.5. The molecular formula is C19H25N5O3. The van der Waals surface area contributed by atoms with Crippen molar-refractivity contribution in [2.45, 2.75) is 31.8 Å². The summed E-state index contributed by atoms with van der Waals surface area (Å²) in [5, 5.41) is 12.1. The van der Waals surface area contributed by atoms with Gasteiger partial charge in [0.15, 0.2) is 0 Å². The van der Waals surface area contributed by atoms with E-state index in [1.807, 2.05) is 4.90 Å². The molecule has 0 unspecified atom stereocenters. The van der Waals surface area contributed by atoms with Crippen molar-refractivity contribution in [1.29, 1.82) is 0 Å². The van der Waals surface area contributed by atoms with Gasteiger partial charge in [-0.2, -0.15) is 0 Å². The van der Waals surface area contributed by atoms with Crippen molar-refractivity contribution in [1.82, 2.24) is 25.0 Å². The van der Waals surface area contributed by atoms with E-state index in [9.17, 15) is 4.79 Å². The number of fused-ring (bicyclic) bond motifs is 1. The number of rotatable bonds is 4. The summed E-state index contributed by atoms with van der Waals surface area (Å²) >= 11 is 0. The van der Waals surface area contributed by atoms with E-state index in [-0.39, 0.29) is 5.91 Å². The number of carbonyl (C=O) groups is 1. The molecular weight excluding hydrogens is 346 g/mol. The van der Waals surface area contributed by atoms with Gasteiger partial charge in [-0.15, -0.1) is 10.2 Å². The van der Waals surface area contributed by atoms with Crippen molar-refractivity contribution in [2.24, 2.45) is 0 Å². The Morgan fingerprint density at radius 2 is 1.96 bits per heavy atom. The highest BCUT2D eigenvalue weighted by Gasteiger charge is 2.30. The van der Waals surface area contributed by atoms with Crippen LogP contribution >= 0.6 is 0 Å². The zero-order valence-corrected chi connectivity index (χ0v) is 15.8. The molecule has 3 heterocycles. The highest BCUT2D eigenvalue weighted by Crippen LogP contribution is 2.31. The minimum atomic E-state index is -0.0170. The molecule has 0 aliphatic carbocycles. The van der Waals surface area contributed by atoms with Crippen molar-refractivity contribution >= 4 is 5.91 Å². The van der Waals surface area contributed by atoms with Gasteiger partial charge in [0.25, 0.3) is 5.91 Å². The molecule has 0 atom stereocenters. The third-order valence-corrected chi connectivity index (χ3v) is 5.44. The predicted octanol–water partition coefficient (Wildman–Crippen LogP) is 1.42. The van der Waals surface area contributed by atoms with Gasteiger partial charge in [-0.25, -0.2) is 0 Å². The summed E-state index contributed by atoms with van der Waals surface area (Å²) in [4.78, 5) is 14.9. The molecule has 2 aromatic rings. The molecule has 8 heteroatoms. The summed E-state index contributed by atoms with van der Waals surface area (Å²) in [6.45, 7) is 4.04. The van der Waals surface area contributed by atoms with Crippen LogP contribution in [0.25, 0.3) is 0 Å². The van der Waals surface area contributed by atoms with E-state index in [4.69, 9.17) is 9.47 Å². The molecule has 0 spiro atoms. The van der Waals surface area contributed by atoms with E-state index < -0.39 is 0 Å². The van der Waals surface area contributed by atoms with Gasteiger partial charge in [-0.3, -0.25) is 4.79 Å². The smallest absolute Gasteiger partial charge is 0.257 e. The van der Waals surface area contributed by atoms with Crippen molar-refractivity contribution < 1.29 is 14.3 Å². The Morgan fingerprint density at radius 3 is 2.70 bits per heavy atom. The van der Waals surface area contributed by atoms with Crippen LogP contribution in [0, 0.1) is 0 Å². The lowest BCUT2D eigenvalue weighted by Gasteiger charge is -2.32. The maximum absolute atomic E-state index is 13.0. The lowest BCUT2D eigenvalue weighted by atomic mass is 9.95. The van der Waals surface area contributed by atoms with Crippen molar-refractivity contribution in [3.8, 4) is 11.5 Å². The van der Waals surface area contributed by atoms with Gasteiger partial charge in [-0.05, 0) is 31.0 Å². The number of benzene rings is 1. The number of likely N-dealkylation sites (tertiary alicyclic amines) is 1. The Labute approximate surface area is 158 Å². The predicted molar refractivity (Wildman–Crippen MR) is 99.2 cm³/mol. The summed E-state index contributed by atoms with van der Waals surface area (Å²) in [5.41, 5.74) is 0.543. The van der Waals surface area contributed by atoms with Crippen LogP contribution in [0.1, 0.15) is 40.8 Å². The second-order valence-electron chi connectivity index (χ2n) is 6.94. The second kappa shape index (κ2) is 7.56. The van der Waals surface area contributed by atoms with E-state index >= 15 is 0 Å². The molecule has 144 valence electrons. The molecule has 2 aliphatic heterocycles. The fraction of sp³-hybridized carbons (Fsp3) is 0.526. The van der Waals surface area contributed by atoms with Crippen LogP contribution in [-0.4, -0.2) is 59.4 Å². The molecule has 0 radical (unpaired) electrons. The molecule has 1 amide bonds. The number of hydrogen-bond acceptors (Lipinski definition) is 6. The lowest BCUT2D eigenvalue weighted by molar-refractivity contribution is 0.0706. The quantitative estimate of drug-likeness (QED) is 0.875. The summed E-state index contributed by atoms with van der Waals surface area (Å²) < 4.78 is 12.9. The lowest BCUT2D eigenvalue weighted by Crippen LogP contribution is -2.39. The maximum Gasteiger partial charge on any atom is 0.257 e. The molecule has 0 saturated carbocycles. The first-order valence-electron chi connectivity index (χ1n) is 9.35. The van der Waals surface area contributed by atoms with Crippen LogP contribution in [0.2, 0.25) is 0 Å². The Balaban J connectivity index is 1.46. The van der Waals surface area contributed by atoms with E-state index in [2.05, 4.69) is 20.1 Å². The Morgan fingerprint density at radius 1 is 1.15 bits per heavy atom. The molecule has 8 nitrogen and oxygen atoms in total. The third-order valence-electron chi connectivity index (χ3n) is 5.44. The van der Waals surface area contributed by atoms with Crippen LogP contribution in [0.4, 0.5) is 0 Å². The first-order chi connectivity index (χ1) is 13.2. The highest BCUT2D eigenvalue weighted by molar-refractivity contribution is 5.97. The number of ether oxygens (including phenoxy) is 2. The molecule has 2 aliphatic rings. The summed E-state index contributed by atoms with van der Waals surface area (Å²) in [6, 6.07) is 5.32. The van der Waals surface area contributed by atoms with Gasteiger partial charge in [0.2, 0.25) is 0 Å². The van der Waals surface area contributed by atoms with E-state index in [0.29, 0.717) is 36.1 Å². The molecule has 1 aromatic carbocycles. The van der Waals surface area contributed by atoms with Gasteiger partial charge in [0, 0.05) is 32.1 Å². The summed E-state index contributed by atoms with van der Waals surface area (Å²) in [5.74, 6) is 3.63. The molecule has 1 aromatic heterocycles. The standard InChI is InChI=1S/C19H25N5O3/c1-26-14-3-4-16(27-2)15(11-14)19(25)23-8-5-13(6-9-23)18-22-21-17-12-20-7-10-24(17)18/h3-4,11,13,20H,5-10,12H2,1-2H3. The van der Waals surface area contributed by atoms with Gasteiger partial charge in [-0.1, -0.05) is 0 Å². The fourth-order valence-corrected chi connectivity index (χ4v) is 3.91. The number of piperidine rings is 1. The van der Waals surface area contributed by atoms with Crippen LogP contribution in [0.5, 0.6) is 11.5 Å². The van der Waals surface area contributed by atoms with Crippen molar-refractivity contribution in [2.75, 3.05) is 33.9 Å². The minimum absolute atomic E-state index is 0.0170. The van der Waals surface area contributed by atoms with E-state index in [1.165, 1.54) is 0 Å². The van der Waals surface area contributed by atoms with Crippen molar-refractivity contribution in [3.05, 3.63) is 35.4 Å². The van der Waals surface area contributed by atoms with Crippen molar-refractivity contribution in [3.63, 3.8) is 0 Å². The average Bonchev–Trinajstić information content (AvgIpc) is 3.17. The maximum atomic E-state index is 13.0. The first kappa shape index (κ1) is 17.8. The first-order valence-corrected chi connectivity index (χ1v) is 9.35. The number of carbonyl (C=O) groups excluding carboxylic acids is 1. The van der Waals surface area contributed by atoms with Gasteiger partial charge >= 0.3 is 0 Å². The molecule has 1 fully saturated rings. The molecule has 1 N–H and O–H groups in total. The number of amides is 1. The fourth-order valence-electron chi connectivity index (χ4n) is 3.91. The monoisotopic (exact) mass is 371 g/mol. The minimum Gasteiger partial charge on any atom is -0.497 e. The Bertz CT molecular complexity index is 827. The topological polar surface area (TPSA) is 81.5 Å². The molecule has 27 heavy (non-hydrogen) atoms. The molecule has 4 rings (SSSR count). The van der Waals surface area contributed by atoms with Gasteiger partial charge in [0.05, 0.1) is 26.3 Å². The van der Waals surface area contributed by atoms with Crippen LogP contribution in [0.3, 0.4) is 0 Å². The SMILES string of the molecule is COc1ccc(OC)c(C(=O)N2CCC(c3nnc4n3CCNC4)CC2)c1. The number of nitrogens with zero attached hydrogens (tertiary/aromatic N) is 4. The van der Waals surface area contributed by atoms with Gasteiger partial charge < -0.3 is 24.3 Å².